The summed E-state index contributed by atoms with van der Waals surface area (Å²) in [6, 6.07) is 15.8. The first-order chi connectivity index (χ1) is 10.1. The fourth-order valence-corrected chi connectivity index (χ4v) is 2.82. The molecule has 0 spiro atoms. The van der Waals surface area contributed by atoms with Crippen molar-refractivity contribution in [3.8, 4) is 5.75 Å². The highest BCUT2D eigenvalue weighted by Crippen LogP contribution is 2.24. The lowest BCUT2D eigenvalue weighted by molar-refractivity contribution is 0.170. The molecule has 0 amide bonds. The van der Waals surface area contributed by atoms with Gasteiger partial charge in [0.2, 0.25) is 0 Å². The Kier molecular flexibility index (Phi) is 5.79. The summed E-state index contributed by atoms with van der Waals surface area (Å²) in [5.41, 5.74) is 2.02. The summed E-state index contributed by atoms with van der Waals surface area (Å²) >= 11 is 3.55. The van der Waals surface area contributed by atoms with Crippen LogP contribution in [0.15, 0.2) is 53.0 Å². The first-order valence-electron chi connectivity index (χ1n) is 6.91. The van der Waals surface area contributed by atoms with Crippen LogP contribution in [-0.4, -0.2) is 18.8 Å². The molecule has 0 fully saturated rings. The van der Waals surface area contributed by atoms with Crippen LogP contribution in [0.5, 0.6) is 5.75 Å². The summed E-state index contributed by atoms with van der Waals surface area (Å²) in [5, 5.41) is 13.6. The molecule has 0 aromatic heterocycles. The maximum absolute atomic E-state index is 10.3. The Hall–Kier alpha value is -1.36. The van der Waals surface area contributed by atoms with Crippen LogP contribution in [0, 0.1) is 0 Å². The highest BCUT2D eigenvalue weighted by atomic mass is 79.9. The lowest BCUT2D eigenvalue weighted by atomic mass is 10.1. The van der Waals surface area contributed by atoms with Gasteiger partial charge >= 0.3 is 0 Å². The van der Waals surface area contributed by atoms with Crippen LogP contribution in [0.25, 0.3) is 0 Å². The molecule has 0 bridgehead atoms. The molecule has 1 unspecified atom stereocenters. The topological polar surface area (TPSA) is 41.5 Å². The van der Waals surface area contributed by atoms with Crippen LogP contribution in [-0.2, 0) is 0 Å². The Morgan fingerprint density at radius 3 is 2.67 bits per heavy atom. The summed E-state index contributed by atoms with van der Waals surface area (Å²) in [6.45, 7) is 2.56. The molecule has 0 aliphatic rings. The molecule has 0 radical (unpaired) electrons. The number of methoxy groups -OCH3 is 1. The van der Waals surface area contributed by atoms with E-state index in [1.165, 1.54) is 5.56 Å². The van der Waals surface area contributed by atoms with Gasteiger partial charge in [-0.25, -0.2) is 0 Å². The third kappa shape index (κ3) is 4.30. The predicted octanol–water partition coefficient (Wildman–Crippen LogP) is 3.84. The van der Waals surface area contributed by atoms with Gasteiger partial charge in [-0.3, -0.25) is 0 Å². The lowest BCUT2D eigenvalue weighted by Gasteiger charge is -2.19. The number of hydrogen-bond acceptors (Lipinski definition) is 3. The zero-order valence-electron chi connectivity index (χ0n) is 12.2. The molecule has 3 nitrogen and oxygen atoms in total. The SMILES string of the molecule is COc1cccc(C(O)CN[C@@H](C)c2ccccc2Br)c1. The number of hydrogen-bond donors (Lipinski definition) is 2. The molecule has 2 aromatic carbocycles. The van der Waals surface area contributed by atoms with E-state index in [2.05, 4.69) is 34.2 Å². The molecule has 0 saturated heterocycles. The Labute approximate surface area is 134 Å². The van der Waals surface area contributed by atoms with Crippen molar-refractivity contribution < 1.29 is 9.84 Å². The minimum absolute atomic E-state index is 0.154. The van der Waals surface area contributed by atoms with E-state index in [0.717, 1.165) is 15.8 Å². The monoisotopic (exact) mass is 349 g/mol. The molecule has 2 rings (SSSR count). The van der Waals surface area contributed by atoms with Crippen molar-refractivity contribution >= 4 is 15.9 Å². The fraction of sp³-hybridized carbons (Fsp3) is 0.294. The maximum atomic E-state index is 10.3. The van der Waals surface area contributed by atoms with Crippen LogP contribution >= 0.6 is 15.9 Å². The summed E-state index contributed by atoms with van der Waals surface area (Å²) in [6.07, 6.45) is -0.565. The largest absolute Gasteiger partial charge is 0.497 e. The molecule has 2 N–H and O–H groups in total. The quantitative estimate of drug-likeness (QED) is 0.832. The van der Waals surface area contributed by atoms with E-state index < -0.39 is 6.10 Å². The van der Waals surface area contributed by atoms with Gasteiger partial charge in [0.15, 0.2) is 0 Å². The van der Waals surface area contributed by atoms with Gasteiger partial charge in [-0.05, 0) is 36.2 Å². The predicted molar refractivity (Wildman–Crippen MR) is 88.5 cm³/mol. The number of ether oxygens (including phenoxy) is 1. The van der Waals surface area contributed by atoms with Gasteiger partial charge in [-0.2, -0.15) is 0 Å². The zero-order chi connectivity index (χ0) is 15.2. The smallest absolute Gasteiger partial charge is 0.119 e. The van der Waals surface area contributed by atoms with E-state index in [1.807, 2.05) is 42.5 Å². The Balaban J connectivity index is 1.97. The molecule has 2 aromatic rings. The van der Waals surface area contributed by atoms with E-state index in [1.54, 1.807) is 7.11 Å². The Morgan fingerprint density at radius 2 is 1.95 bits per heavy atom. The van der Waals surface area contributed by atoms with Gasteiger partial charge in [0, 0.05) is 17.1 Å². The van der Waals surface area contributed by atoms with Crippen molar-refractivity contribution in [2.45, 2.75) is 19.1 Å². The molecule has 21 heavy (non-hydrogen) atoms. The number of aliphatic hydroxyl groups is 1. The maximum Gasteiger partial charge on any atom is 0.119 e. The fourth-order valence-electron chi connectivity index (χ4n) is 2.19. The summed E-state index contributed by atoms with van der Waals surface area (Å²) < 4.78 is 6.25. The average Bonchev–Trinajstić information content (AvgIpc) is 2.52. The van der Waals surface area contributed by atoms with Crippen molar-refractivity contribution in [1.82, 2.24) is 5.32 Å². The highest BCUT2D eigenvalue weighted by molar-refractivity contribution is 9.10. The summed E-state index contributed by atoms with van der Waals surface area (Å²) in [7, 11) is 1.62. The molecule has 0 saturated carbocycles. The molecule has 2 atom stereocenters. The standard InChI is InChI=1S/C17H20BrNO2/c1-12(15-8-3-4-9-16(15)18)19-11-17(20)13-6-5-7-14(10-13)21-2/h3-10,12,17,19-20H,11H2,1-2H3/t12-,17?/m0/s1. The number of aliphatic hydroxyl groups excluding tert-OH is 1. The van der Waals surface area contributed by atoms with Crippen LogP contribution in [0.4, 0.5) is 0 Å². The Bertz CT molecular complexity index is 589. The van der Waals surface area contributed by atoms with Crippen molar-refractivity contribution in [3.63, 3.8) is 0 Å². The van der Waals surface area contributed by atoms with Crippen LogP contribution in [0.1, 0.15) is 30.2 Å². The average molecular weight is 350 g/mol. The van der Waals surface area contributed by atoms with Gasteiger partial charge in [0.05, 0.1) is 13.2 Å². The molecular weight excluding hydrogens is 330 g/mol. The number of benzene rings is 2. The Morgan fingerprint density at radius 1 is 1.19 bits per heavy atom. The molecule has 0 aliphatic carbocycles. The van der Waals surface area contributed by atoms with Crippen molar-refractivity contribution in [2.24, 2.45) is 0 Å². The van der Waals surface area contributed by atoms with Gasteiger partial charge in [0.25, 0.3) is 0 Å². The van der Waals surface area contributed by atoms with Gasteiger partial charge in [0.1, 0.15) is 5.75 Å². The first-order valence-corrected chi connectivity index (χ1v) is 7.71. The normalized spacial score (nSPS) is 13.7. The van der Waals surface area contributed by atoms with E-state index in [-0.39, 0.29) is 6.04 Å². The van der Waals surface area contributed by atoms with Crippen LogP contribution in [0.2, 0.25) is 0 Å². The third-order valence-electron chi connectivity index (χ3n) is 3.47. The summed E-state index contributed by atoms with van der Waals surface area (Å²) in [5.74, 6) is 0.755. The van der Waals surface area contributed by atoms with Crippen LogP contribution < -0.4 is 10.1 Å². The van der Waals surface area contributed by atoms with Crippen LogP contribution in [0.3, 0.4) is 0 Å². The molecular formula is C17H20BrNO2. The number of halogens is 1. The minimum atomic E-state index is -0.565. The van der Waals surface area contributed by atoms with E-state index >= 15 is 0 Å². The van der Waals surface area contributed by atoms with Gasteiger partial charge in [-0.15, -0.1) is 0 Å². The minimum Gasteiger partial charge on any atom is -0.497 e. The lowest BCUT2D eigenvalue weighted by Crippen LogP contribution is -2.24. The number of rotatable bonds is 6. The van der Waals surface area contributed by atoms with Gasteiger partial charge < -0.3 is 15.2 Å². The molecule has 0 aliphatic heterocycles. The first kappa shape index (κ1) is 16.0. The summed E-state index contributed by atoms with van der Waals surface area (Å²) in [4.78, 5) is 0. The molecule has 4 heteroatoms. The second-order valence-corrected chi connectivity index (χ2v) is 5.80. The number of nitrogens with one attached hydrogen (secondary N) is 1. The molecule has 112 valence electrons. The molecule has 0 heterocycles. The van der Waals surface area contributed by atoms with Crippen molar-refractivity contribution in [1.29, 1.82) is 0 Å². The van der Waals surface area contributed by atoms with E-state index in [4.69, 9.17) is 4.74 Å². The second-order valence-electron chi connectivity index (χ2n) is 4.94. The van der Waals surface area contributed by atoms with Crippen molar-refractivity contribution in [3.05, 3.63) is 64.1 Å². The zero-order valence-corrected chi connectivity index (χ0v) is 13.8. The van der Waals surface area contributed by atoms with E-state index in [9.17, 15) is 5.11 Å². The van der Waals surface area contributed by atoms with Crippen molar-refractivity contribution in [2.75, 3.05) is 13.7 Å². The van der Waals surface area contributed by atoms with E-state index in [0.29, 0.717) is 6.54 Å². The third-order valence-corrected chi connectivity index (χ3v) is 4.19. The highest BCUT2D eigenvalue weighted by Gasteiger charge is 2.12. The van der Waals surface area contributed by atoms with Gasteiger partial charge in [-0.1, -0.05) is 46.3 Å². The second kappa shape index (κ2) is 7.59.